The highest BCUT2D eigenvalue weighted by atomic mass is 35.5. The Kier molecular flexibility index (Phi) is 5.46. The molecule has 3 nitrogen and oxygen atoms in total. The summed E-state index contributed by atoms with van der Waals surface area (Å²) in [6.07, 6.45) is 10.2. The number of nitrogens with one attached hydrogen (secondary N) is 1. The Bertz CT molecular complexity index is 742. The third-order valence-electron chi connectivity index (χ3n) is 5.87. The fourth-order valence-electron chi connectivity index (χ4n) is 4.60. The third kappa shape index (κ3) is 4.05. The lowest BCUT2D eigenvalue weighted by Gasteiger charge is -2.38. The summed E-state index contributed by atoms with van der Waals surface area (Å²) in [4.78, 5) is 4.79. The minimum absolute atomic E-state index is 0.136. The topological polar surface area (TPSA) is 34.2 Å². The number of hydrogen-bond acceptors (Lipinski definition) is 3. The van der Waals surface area contributed by atoms with Gasteiger partial charge in [0.05, 0.1) is 5.60 Å². The summed E-state index contributed by atoms with van der Waals surface area (Å²) < 4.78 is 6.22. The maximum atomic E-state index is 6.22. The van der Waals surface area contributed by atoms with Crippen LogP contribution in [0.25, 0.3) is 0 Å². The quantitative estimate of drug-likeness (QED) is 0.744. The summed E-state index contributed by atoms with van der Waals surface area (Å²) in [6, 6.07) is 12.2. The maximum absolute atomic E-state index is 6.22. The summed E-state index contributed by atoms with van der Waals surface area (Å²) in [5.74, 6) is 0.532. The van der Waals surface area contributed by atoms with E-state index in [1.165, 1.54) is 36.9 Å². The Morgan fingerprint density at radius 2 is 2.08 bits per heavy atom. The number of benzene rings is 1. The van der Waals surface area contributed by atoms with Crippen LogP contribution in [0.2, 0.25) is 5.02 Å². The van der Waals surface area contributed by atoms with E-state index in [9.17, 15) is 0 Å². The lowest BCUT2D eigenvalue weighted by Crippen LogP contribution is -2.36. The van der Waals surface area contributed by atoms with Crippen LogP contribution in [0.5, 0.6) is 0 Å². The first kappa shape index (κ1) is 17.8. The summed E-state index contributed by atoms with van der Waals surface area (Å²) >= 11 is 6.06. The van der Waals surface area contributed by atoms with Gasteiger partial charge in [0.2, 0.25) is 0 Å². The lowest BCUT2D eigenvalue weighted by molar-refractivity contribution is -0.0809. The molecule has 4 heteroatoms. The Balaban J connectivity index is 1.43. The van der Waals surface area contributed by atoms with Crippen molar-refractivity contribution in [1.29, 1.82) is 0 Å². The average molecular weight is 371 g/mol. The predicted molar refractivity (Wildman–Crippen MR) is 107 cm³/mol. The molecule has 0 amide bonds. The van der Waals surface area contributed by atoms with Crippen molar-refractivity contribution < 1.29 is 4.74 Å². The molecule has 2 fully saturated rings. The van der Waals surface area contributed by atoms with Crippen LogP contribution < -0.4 is 5.32 Å². The first-order valence-electron chi connectivity index (χ1n) is 9.81. The highest BCUT2D eigenvalue weighted by Crippen LogP contribution is 2.45. The standard InChI is InChI=1S/C22H27ClN2O/c23-19-6-3-7-20(15-19)24-13-8-17-5-4-12-25-21(17)18-9-14-26-22(16-18)10-1-2-11-22/h3-7,12,15,18,24H,1-2,8-11,13-14,16H2. The normalized spacial score (nSPS) is 21.8. The van der Waals surface area contributed by atoms with Crippen molar-refractivity contribution in [1.82, 2.24) is 4.98 Å². The van der Waals surface area contributed by atoms with Crippen LogP contribution >= 0.6 is 11.6 Å². The highest BCUT2D eigenvalue weighted by Gasteiger charge is 2.40. The Morgan fingerprint density at radius 3 is 2.92 bits per heavy atom. The number of nitrogens with zero attached hydrogens (tertiary/aromatic N) is 1. The monoisotopic (exact) mass is 370 g/mol. The SMILES string of the molecule is Clc1cccc(NCCc2cccnc2C2CCOC3(CCCC3)C2)c1. The number of ether oxygens (including phenoxy) is 1. The van der Waals surface area contributed by atoms with Crippen molar-refractivity contribution in [3.05, 3.63) is 58.9 Å². The minimum atomic E-state index is 0.136. The molecule has 0 bridgehead atoms. The smallest absolute Gasteiger partial charge is 0.0689 e. The van der Waals surface area contributed by atoms with E-state index in [1.54, 1.807) is 0 Å². The zero-order chi connectivity index (χ0) is 17.8. The van der Waals surface area contributed by atoms with E-state index in [0.717, 1.165) is 43.1 Å². The number of rotatable bonds is 5. The molecule has 1 saturated heterocycles. The molecule has 1 atom stereocenters. The van der Waals surface area contributed by atoms with Gasteiger partial charge in [0.25, 0.3) is 0 Å². The second-order valence-corrected chi connectivity index (χ2v) is 8.10. The Labute approximate surface area is 161 Å². The first-order valence-corrected chi connectivity index (χ1v) is 10.2. The van der Waals surface area contributed by atoms with Gasteiger partial charge in [0.15, 0.2) is 0 Å². The molecular weight excluding hydrogens is 344 g/mol. The zero-order valence-electron chi connectivity index (χ0n) is 15.2. The van der Waals surface area contributed by atoms with Crippen LogP contribution in [0.15, 0.2) is 42.6 Å². The van der Waals surface area contributed by atoms with Crippen molar-refractivity contribution in [2.24, 2.45) is 0 Å². The molecule has 1 aromatic carbocycles. The Hall–Kier alpha value is -1.58. The molecule has 1 unspecified atom stereocenters. The van der Waals surface area contributed by atoms with Crippen molar-refractivity contribution in [2.45, 2.75) is 56.5 Å². The average Bonchev–Trinajstić information content (AvgIpc) is 3.10. The molecule has 4 rings (SSSR count). The summed E-state index contributed by atoms with van der Waals surface area (Å²) in [5, 5.41) is 4.24. The predicted octanol–water partition coefficient (Wildman–Crippen LogP) is 5.60. The fourth-order valence-corrected chi connectivity index (χ4v) is 4.79. The van der Waals surface area contributed by atoms with Crippen molar-refractivity contribution >= 4 is 17.3 Å². The van der Waals surface area contributed by atoms with Crippen LogP contribution in [-0.2, 0) is 11.2 Å². The summed E-state index contributed by atoms with van der Waals surface area (Å²) in [6.45, 7) is 1.76. The van der Waals surface area contributed by atoms with Gasteiger partial charge >= 0.3 is 0 Å². The number of aromatic nitrogens is 1. The Morgan fingerprint density at radius 1 is 1.19 bits per heavy atom. The van der Waals surface area contributed by atoms with Crippen LogP contribution in [0.4, 0.5) is 5.69 Å². The molecule has 1 aromatic heterocycles. The second-order valence-electron chi connectivity index (χ2n) is 7.66. The maximum Gasteiger partial charge on any atom is 0.0689 e. The van der Waals surface area contributed by atoms with Gasteiger partial charge in [-0.3, -0.25) is 4.98 Å². The summed E-state index contributed by atoms with van der Waals surface area (Å²) in [5.41, 5.74) is 3.85. The van der Waals surface area contributed by atoms with Crippen LogP contribution in [0.3, 0.4) is 0 Å². The first-order chi connectivity index (χ1) is 12.7. The fraction of sp³-hybridized carbons (Fsp3) is 0.500. The van der Waals surface area contributed by atoms with Gasteiger partial charge in [0, 0.05) is 41.7 Å². The molecule has 2 aliphatic rings. The second kappa shape index (κ2) is 7.98. The lowest BCUT2D eigenvalue weighted by atomic mass is 9.81. The van der Waals surface area contributed by atoms with E-state index in [4.69, 9.17) is 21.3 Å². The van der Waals surface area contributed by atoms with Crippen molar-refractivity contribution in [3.63, 3.8) is 0 Å². The van der Waals surface area contributed by atoms with Gasteiger partial charge in [0.1, 0.15) is 0 Å². The van der Waals surface area contributed by atoms with Gasteiger partial charge < -0.3 is 10.1 Å². The van der Waals surface area contributed by atoms with E-state index in [2.05, 4.69) is 23.5 Å². The zero-order valence-corrected chi connectivity index (χ0v) is 16.0. The van der Waals surface area contributed by atoms with E-state index in [-0.39, 0.29) is 5.60 Å². The van der Waals surface area contributed by atoms with E-state index in [1.807, 2.05) is 24.4 Å². The van der Waals surface area contributed by atoms with Gasteiger partial charge in [-0.05, 0) is 61.9 Å². The van der Waals surface area contributed by atoms with Gasteiger partial charge in [-0.15, -0.1) is 0 Å². The van der Waals surface area contributed by atoms with Crippen molar-refractivity contribution in [3.8, 4) is 0 Å². The molecule has 2 aromatic rings. The molecule has 1 N–H and O–H groups in total. The number of hydrogen-bond donors (Lipinski definition) is 1. The van der Waals surface area contributed by atoms with Crippen LogP contribution in [0.1, 0.15) is 55.7 Å². The minimum Gasteiger partial charge on any atom is -0.385 e. The molecule has 26 heavy (non-hydrogen) atoms. The molecule has 1 aliphatic heterocycles. The largest absolute Gasteiger partial charge is 0.385 e. The molecular formula is C22H27ClN2O. The highest BCUT2D eigenvalue weighted by molar-refractivity contribution is 6.30. The van der Waals surface area contributed by atoms with Gasteiger partial charge in [-0.25, -0.2) is 0 Å². The third-order valence-corrected chi connectivity index (χ3v) is 6.10. The number of anilines is 1. The molecule has 0 radical (unpaired) electrons. The van der Waals surface area contributed by atoms with Crippen LogP contribution in [0, 0.1) is 0 Å². The van der Waals surface area contributed by atoms with Crippen LogP contribution in [-0.4, -0.2) is 23.7 Å². The summed E-state index contributed by atoms with van der Waals surface area (Å²) in [7, 11) is 0. The molecule has 1 spiro atoms. The van der Waals surface area contributed by atoms with Gasteiger partial charge in [-0.2, -0.15) is 0 Å². The van der Waals surface area contributed by atoms with E-state index < -0.39 is 0 Å². The molecule has 1 saturated carbocycles. The molecule has 1 aliphatic carbocycles. The van der Waals surface area contributed by atoms with E-state index >= 15 is 0 Å². The molecule has 138 valence electrons. The van der Waals surface area contributed by atoms with Crippen molar-refractivity contribution in [2.75, 3.05) is 18.5 Å². The number of halogens is 1. The van der Waals surface area contributed by atoms with Gasteiger partial charge in [-0.1, -0.05) is 36.6 Å². The molecule has 2 heterocycles. The van der Waals surface area contributed by atoms with E-state index in [0.29, 0.717) is 5.92 Å². The number of pyridine rings is 1.